The van der Waals surface area contributed by atoms with Gasteiger partial charge >= 0.3 is 0 Å². The third-order valence-electron chi connectivity index (χ3n) is 3.11. The third kappa shape index (κ3) is 2.88. The Hall–Kier alpha value is -1.84. The predicted octanol–water partition coefficient (Wildman–Crippen LogP) is 2.40. The lowest BCUT2D eigenvalue weighted by Crippen LogP contribution is -1.95. The average Bonchev–Trinajstić information content (AvgIpc) is 2.85. The molecule has 4 heteroatoms. The highest BCUT2D eigenvalue weighted by molar-refractivity contribution is 5.35. The van der Waals surface area contributed by atoms with Crippen molar-refractivity contribution in [3.8, 4) is 5.75 Å². The molecule has 1 aromatic carbocycles. The summed E-state index contributed by atoms with van der Waals surface area (Å²) in [5.74, 6) is 0.910. The molecule has 1 heterocycles. The number of ether oxygens (including phenoxy) is 1. The van der Waals surface area contributed by atoms with Crippen LogP contribution in [0.5, 0.6) is 5.75 Å². The van der Waals surface area contributed by atoms with Crippen LogP contribution in [0.3, 0.4) is 0 Å². The second kappa shape index (κ2) is 5.67. The van der Waals surface area contributed by atoms with E-state index in [0.29, 0.717) is 0 Å². The van der Waals surface area contributed by atoms with E-state index in [0.717, 1.165) is 30.8 Å². The molecule has 0 radical (unpaired) electrons. The van der Waals surface area contributed by atoms with Crippen LogP contribution in [0.15, 0.2) is 24.4 Å². The van der Waals surface area contributed by atoms with Gasteiger partial charge in [-0.05, 0) is 49.9 Å². The number of hydrogen-bond acceptors (Lipinski definition) is 3. The Bertz CT molecular complexity index is 520. The van der Waals surface area contributed by atoms with Crippen molar-refractivity contribution in [3.05, 3.63) is 41.2 Å². The smallest absolute Gasteiger partial charge is 0.119 e. The van der Waals surface area contributed by atoms with Gasteiger partial charge in [0.25, 0.3) is 0 Å². The quantitative estimate of drug-likeness (QED) is 0.812. The molecule has 0 aliphatic heterocycles. The molecule has 0 bridgehead atoms. The lowest BCUT2D eigenvalue weighted by Gasteiger charge is -2.07. The monoisotopic (exact) mass is 245 g/mol. The van der Waals surface area contributed by atoms with Crippen LogP contribution >= 0.6 is 0 Å². The zero-order valence-corrected chi connectivity index (χ0v) is 11.2. The zero-order chi connectivity index (χ0) is 13.0. The lowest BCUT2D eigenvalue weighted by atomic mass is 10.0. The summed E-state index contributed by atoms with van der Waals surface area (Å²) in [6.07, 6.45) is 3.92. The molecule has 0 saturated carbocycles. The fraction of sp³-hybridized carbons (Fsp3) is 0.429. The fourth-order valence-electron chi connectivity index (χ4n) is 1.95. The Morgan fingerprint density at radius 2 is 2.11 bits per heavy atom. The first-order valence-electron chi connectivity index (χ1n) is 6.25. The molecule has 0 N–H and O–H groups in total. The van der Waals surface area contributed by atoms with Crippen LogP contribution in [0, 0.1) is 6.92 Å². The first kappa shape index (κ1) is 12.6. The number of hydrogen-bond donors (Lipinski definition) is 0. The van der Waals surface area contributed by atoms with Gasteiger partial charge in [-0.25, -0.2) is 0 Å². The van der Waals surface area contributed by atoms with Crippen molar-refractivity contribution in [3.63, 3.8) is 0 Å². The first-order valence-corrected chi connectivity index (χ1v) is 6.25. The summed E-state index contributed by atoms with van der Waals surface area (Å²) in [6, 6.07) is 6.20. The van der Waals surface area contributed by atoms with E-state index in [1.54, 1.807) is 7.11 Å². The summed E-state index contributed by atoms with van der Waals surface area (Å²) in [6.45, 7) is 5.04. The average molecular weight is 245 g/mol. The van der Waals surface area contributed by atoms with Crippen molar-refractivity contribution in [2.24, 2.45) is 0 Å². The van der Waals surface area contributed by atoms with Crippen LogP contribution in [0.2, 0.25) is 0 Å². The number of rotatable bonds is 5. The second-order valence-electron chi connectivity index (χ2n) is 4.36. The van der Waals surface area contributed by atoms with Gasteiger partial charge in [0.15, 0.2) is 0 Å². The minimum absolute atomic E-state index is 0.870. The van der Waals surface area contributed by atoms with Gasteiger partial charge in [0, 0.05) is 12.7 Å². The number of aryl methyl sites for hydroxylation is 4. The summed E-state index contributed by atoms with van der Waals surface area (Å²) < 4.78 is 7.06. The summed E-state index contributed by atoms with van der Waals surface area (Å²) in [5.41, 5.74) is 3.64. The molecule has 0 unspecified atom stereocenters. The van der Waals surface area contributed by atoms with Gasteiger partial charge in [0.2, 0.25) is 0 Å². The molecule has 2 aromatic rings. The highest BCUT2D eigenvalue weighted by Crippen LogP contribution is 2.18. The molecule has 0 spiro atoms. The SMILES string of the molecule is CCn1cc(CCc2ccc(OC)cc2C)nn1. The van der Waals surface area contributed by atoms with Crippen molar-refractivity contribution >= 4 is 0 Å². The predicted molar refractivity (Wildman–Crippen MR) is 70.8 cm³/mol. The van der Waals surface area contributed by atoms with Gasteiger partial charge < -0.3 is 4.74 Å². The second-order valence-corrected chi connectivity index (χ2v) is 4.36. The van der Waals surface area contributed by atoms with Gasteiger partial charge in [-0.3, -0.25) is 4.68 Å². The number of aromatic nitrogens is 3. The molecule has 0 atom stereocenters. The number of methoxy groups -OCH3 is 1. The molecule has 96 valence electrons. The normalized spacial score (nSPS) is 10.6. The van der Waals surface area contributed by atoms with Crippen molar-refractivity contribution in [2.45, 2.75) is 33.2 Å². The highest BCUT2D eigenvalue weighted by Gasteiger charge is 2.04. The van der Waals surface area contributed by atoms with E-state index in [2.05, 4.69) is 36.3 Å². The minimum atomic E-state index is 0.870. The Labute approximate surface area is 108 Å². The summed E-state index contributed by atoms with van der Waals surface area (Å²) in [5, 5.41) is 8.20. The Kier molecular flexibility index (Phi) is 3.97. The van der Waals surface area contributed by atoms with E-state index in [1.165, 1.54) is 11.1 Å². The largest absolute Gasteiger partial charge is 0.497 e. The van der Waals surface area contributed by atoms with Gasteiger partial charge in [0.1, 0.15) is 5.75 Å². The number of benzene rings is 1. The topological polar surface area (TPSA) is 39.9 Å². The van der Waals surface area contributed by atoms with Crippen LogP contribution < -0.4 is 4.74 Å². The van der Waals surface area contributed by atoms with Crippen LogP contribution in [-0.4, -0.2) is 22.1 Å². The van der Waals surface area contributed by atoms with E-state index in [1.807, 2.05) is 16.9 Å². The molecule has 0 saturated heterocycles. The Morgan fingerprint density at radius 3 is 2.72 bits per heavy atom. The van der Waals surface area contributed by atoms with Crippen molar-refractivity contribution < 1.29 is 4.74 Å². The van der Waals surface area contributed by atoms with Crippen molar-refractivity contribution in [1.82, 2.24) is 15.0 Å². The molecule has 18 heavy (non-hydrogen) atoms. The molecule has 0 fully saturated rings. The minimum Gasteiger partial charge on any atom is -0.497 e. The summed E-state index contributed by atoms with van der Waals surface area (Å²) in [4.78, 5) is 0. The summed E-state index contributed by atoms with van der Waals surface area (Å²) >= 11 is 0. The maximum absolute atomic E-state index is 5.20. The molecule has 1 aromatic heterocycles. The van der Waals surface area contributed by atoms with Crippen LogP contribution in [0.1, 0.15) is 23.7 Å². The molecular weight excluding hydrogens is 226 g/mol. The van der Waals surface area contributed by atoms with Crippen LogP contribution in [0.4, 0.5) is 0 Å². The zero-order valence-electron chi connectivity index (χ0n) is 11.2. The van der Waals surface area contributed by atoms with Gasteiger partial charge in [0.05, 0.1) is 12.8 Å². The molecular formula is C14H19N3O. The van der Waals surface area contributed by atoms with E-state index in [9.17, 15) is 0 Å². The molecule has 2 rings (SSSR count). The first-order chi connectivity index (χ1) is 8.72. The molecule has 0 amide bonds. The molecule has 0 aliphatic carbocycles. The maximum Gasteiger partial charge on any atom is 0.119 e. The van der Waals surface area contributed by atoms with Gasteiger partial charge in [-0.15, -0.1) is 5.10 Å². The lowest BCUT2D eigenvalue weighted by molar-refractivity contribution is 0.414. The van der Waals surface area contributed by atoms with E-state index in [-0.39, 0.29) is 0 Å². The molecule has 4 nitrogen and oxygen atoms in total. The maximum atomic E-state index is 5.20. The van der Waals surface area contributed by atoms with E-state index < -0.39 is 0 Å². The van der Waals surface area contributed by atoms with Crippen molar-refractivity contribution in [1.29, 1.82) is 0 Å². The highest BCUT2D eigenvalue weighted by atomic mass is 16.5. The number of nitrogens with zero attached hydrogens (tertiary/aromatic N) is 3. The van der Waals surface area contributed by atoms with Crippen LogP contribution in [-0.2, 0) is 19.4 Å². The summed E-state index contributed by atoms with van der Waals surface area (Å²) in [7, 11) is 1.69. The van der Waals surface area contributed by atoms with Crippen molar-refractivity contribution in [2.75, 3.05) is 7.11 Å². The molecule has 0 aliphatic rings. The Balaban J connectivity index is 2.01. The third-order valence-corrected chi connectivity index (χ3v) is 3.11. The van der Waals surface area contributed by atoms with E-state index >= 15 is 0 Å². The van der Waals surface area contributed by atoms with Gasteiger partial charge in [-0.2, -0.15) is 0 Å². The standard InChI is InChI=1S/C14H19N3O/c1-4-17-10-13(15-16-17)7-5-12-6-8-14(18-3)9-11(12)2/h6,8-10H,4-5,7H2,1-3H3. The van der Waals surface area contributed by atoms with E-state index in [4.69, 9.17) is 4.74 Å². The van der Waals surface area contributed by atoms with Crippen LogP contribution in [0.25, 0.3) is 0 Å². The fourth-order valence-corrected chi connectivity index (χ4v) is 1.95. The Morgan fingerprint density at radius 1 is 1.28 bits per heavy atom. The van der Waals surface area contributed by atoms with Gasteiger partial charge in [-0.1, -0.05) is 11.3 Å².